The molecular weight excluding hydrogens is 300 g/mol. The van der Waals surface area contributed by atoms with E-state index in [9.17, 15) is 4.79 Å². The Labute approximate surface area is 142 Å². The Bertz CT molecular complexity index is 871. The van der Waals surface area contributed by atoms with Crippen molar-refractivity contribution < 1.29 is 9.53 Å². The van der Waals surface area contributed by atoms with E-state index in [1.165, 1.54) is 12.5 Å². The van der Waals surface area contributed by atoms with Gasteiger partial charge in [0, 0.05) is 12.5 Å². The predicted molar refractivity (Wildman–Crippen MR) is 95.6 cm³/mol. The highest BCUT2D eigenvalue weighted by molar-refractivity contribution is 5.80. The summed E-state index contributed by atoms with van der Waals surface area (Å²) in [4.78, 5) is 15.9. The number of hydrogen-bond acceptors (Lipinski definition) is 3. The second-order valence-electron chi connectivity index (χ2n) is 6.94. The van der Waals surface area contributed by atoms with Gasteiger partial charge in [-0.15, -0.1) is 0 Å². The van der Waals surface area contributed by atoms with Crippen LogP contribution < -0.4 is 0 Å². The molecule has 0 fully saturated rings. The van der Waals surface area contributed by atoms with E-state index in [2.05, 4.69) is 45.0 Å². The van der Waals surface area contributed by atoms with Gasteiger partial charge in [0.1, 0.15) is 5.82 Å². The molecule has 0 aliphatic heterocycles. The van der Waals surface area contributed by atoms with Crippen LogP contribution in [0.1, 0.15) is 33.3 Å². The van der Waals surface area contributed by atoms with Gasteiger partial charge in [-0.05, 0) is 23.1 Å². The van der Waals surface area contributed by atoms with Crippen LogP contribution in [0.2, 0.25) is 0 Å². The summed E-state index contributed by atoms with van der Waals surface area (Å²) >= 11 is 0. The van der Waals surface area contributed by atoms with Crippen LogP contribution in [0.15, 0.2) is 48.5 Å². The number of benzene rings is 2. The summed E-state index contributed by atoms with van der Waals surface area (Å²) in [5.41, 5.74) is 4.23. The Morgan fingerprint density at radius 2 is 1.75 bits per heavy atom. The summed E-state index contributed by atoms with van der Waals surface area (Å²) in [7, 11) is 0. The highest BCUT2D eigenvalue weighted by Gasteiger charge is 2.16. The maximum atomic E-state index is 11.2. The van der Waals surface area contributed by atoms with Crippen molar-refractivity contribution in [1.82, 2.24) is 9.55 Å². The summed E-state index contributed by atoms with van der Waals surface area (Å²) < 4.78 is 7.15. The largest absolute Gasteiger partial charge is 0.444 e. The number of esters is 1. The molecule has 1 aromatic heterocycles. The lowest BCUT2D eigenvalue weighted by atomic mass is 9.87. The fraction of sp³-hybridized carbons (Fsp3) is 0.300. The molecular formula is C20H22N2O2. The number of imidazole rings is 1. The van der Waals surface area contributed by atoms with E-state index in [4.69, 9.17) is 9.72 Å². The van der Waals surface area contributed by atoms with Crippen molar-refractivity contribution in [3.05, 3.63) is 54.1 Å². The normalized spacial score (nSPS) is 11.7. The number of fused-ring (bicyclic) bond motifs is 1. The molecule has 0 spiro atoms. The van der Waals surface area contributed by atoms with E-state index in [1.54, 1.807) is 0 Å². The molecule has 4 nitrogen and oxygen atoms in total. The zero-order valence-electron chi connectivity index (χ0n) is 14.5. The maximum absolute atomic E-state index is 11.2. The Morgan fingerprint density at radius 1 is 1.08 bits per heavy atom. The van der Waals surface area contributed by atoms with Gasteiger partial charge in [0.2, 0.25) is 0 Å². The van der Waals surface area contributed by atoms with Gasteiger partial charge >= 0.3 is 5.97 Å². The van der Waals surface area contributed by atoms with Gasteiger partial charge in [0.05, 0.1) is 11.0 Å². The molecule has 0 amide bonds. The van der Waals surface area contributed by atoms with E-state index >= 15 is 0 Å². The SMILES string of the molecule is CC(=O)OCn1c(-c2ccc(C(C)(C)C)cc2)nc2ccccc21. The zero-order chi connectivity index (χ0) is 17.3. The van der Waals surface area contributed by atoms with Crippen LogP contribution in [0.5, 0.6) is 0 Å². The summed E-state index contributed by atoms with van der Waals surface area (Å²) in [6.45, 7) is 8.15. The van der Waals surface area contributed by atoms with Crippen molar-refractivity contribution >= 4 is 17.0 Å². The predicted octanol–water partition coefficient (Wildman–Crippen LogP) is 4.52. The van der Waals surface area contributed by atoms with E-state index < -0.39 is 0 Å². The first-order valence-corrected chi connectivity index (χ1v) is 8.06. The minimum atomic E-state index is -0.304. The first-order valence-electron chi connectivity index (χ1n) is 8.06. The van der Waals surface area contributed by atoms with Gasteiger partial charge in [0.15, 0.2) is 6.73 Å². The molecule has 0 atom stereocenters. The van der Waals surface area contributed by atoms with Crippen LogP contribution >= 0.6 is 0 Å². The van der Waals surface area contributed by atoms with Crippen LogP contribution in [0.25, 0.3) is 22.4 Å². The molecule has 24 heavy (non-hydrogen) atoms. The van der Waals surface area contributed by atoms with E-state index in [0.717, 1.165) is 22.4 Å². The van der Waals surface area contributed by atoms with Crippen molar-refractivity contribution in [2.75, 3.05) is 0 Å². The monoisotopic (exact) mass is 322 g/mol. The summed E-state index contributed by atoms with van der Waals surface area (Å²) in [5, 5.41) is 0. The van der Waals surface area contributed by atoms with Gasteiger partial charge in [-0.2, -0.15) is 0 Å². The molecule has 0 saturated heterocycles. The first kappa shape index (κ1) is 16.2. The average molecular weight is 322 g/mol. The van der Waals surface area contributed by atoms with Gasteiger partial charge in [-0.1, -0.05) is 57.2 Å². The van der Waals surface area contributed by atoms with Crippen molar-refractivity contribution in [3.63, 3.8) is 0 Å². The number of nitrogens with zero attached hydrogens (tertiary/aromatic N) is 2. The smallest absolute Gasteiger partial charge is 0.304 e. The second-order valence-corrected chi connectivity index (χ2v) is 6.94. The van der Waals surface area contributed by atoms with Gasteiger partial charge in [-0.3, -0.25) is 9.36 Å². The lowest BCUT2D eigenvalue weighted by Crippen LogP contribution is -2.11. The molecule has 0 bridgehead atoms. The first-order chi connectivity index (χ1) is 11.4. The number of carbonyl (C=O) groups excluding carboxylic acids is 1. The summed E-state index contributed by atoms with van der Waals surface area (Å²) in [5.74, 6) is 0.500. The molecule has 2 aromatic carbocycles. The number of para-hydroxylation sites is 2. The van der Waals surface area contributed by atoms with Crippen LogP contribution in [0.3, 0.4) is 0 Å². The summed E-state index contributed by atoms with van der Waals surface area (Å²) in [6.07, 6.45) is 0. The molecule has 0 radical (unpaired) electrons. The number of ether oxygens (including phenoxy) is 1. The fourth-order valence-corrected chi connectivity index (χ4v) is 2.70. The standard InChI is InChI=1S/C20H22N2O2/c1-14(23)24-13-22-18-8-6-5-7-17(18)21-19(22)15-9-11-16(12-10-15)20(2,3)4/h5-12H,13H2,1-4H3. The van der Waals surface area contributed by atoms with E-state index in [0.29, 0.717) is 0 Å². The van der Waals surface area contributed by atoms with Gasteiger partial charge < -0.3 is 4.74 Å². The average Bonchev–Trinajstić information content (AvgIpc) is 2.91. The highest BCUT2D eigenvalue weighted by Crippen LogP contribution is 2.28. The van der Waals surface area contributed by atoms with Crippen LogP contribution in [0.4, 0.5) is 0 Å². The number of aromatic nitrogens is 2. The van der Waals surface area contributed by atoms with Crippen molar-refractivity contribution in [2.24, 2.45) is 0 Å². The second kappa shape index (κ2) is 6.11. The maximum Gasteiger partial charge on any atom is 0.304 e. The molecule has 3 aromatic rings. The topological polar surface area (TPSA) is 44.1 Å². The molecule has 0 unspecified atom stereocenters. The van der Waals surface area contributed by atoms with Gasteiger partial charge in [-0.25, -0.2) is 4.98 Å². The van der Waals surface area contributed by atoms with Crippen LogP contribution in [-0.2, 0) is 21.7 Å². The van der Waals surface area contributed by atoms with Crippen LogP contribution in [0, 0.1) is 0 Å². The van der Waals surface area contributed by atoms with Crippen molar-refractivity contribution in [2.45, 2.75) is 39.8 Å². The molecule has 0 aliphatic rings. The lowest BCUT2D eigenvalue weighted by Gasteiger charge is -2.19. The fourth-order valence-electron chi connectivity index (χ4n) is 2.70. The molecule has 4 heteroatoms. The third kappa shape index (κ3) is 3.18. The van der Waals surface area contributed by atoms with E-state index in [1.807, 2.05) is 28.8 Å². The molecule has 1 heterocycles. The highest BCUT2D eigenvalue weighted by atomic mass is 16.5. The zero-order valence-corrected chi connectivity index (χ0v) is 14.5. The quantitative estimate of drug-likeness (QED) is 0.666. The molecule has 0 saturated carbocycles. The number of carbonyl (C=O) groups is 1. The Kier molecular flexibility index (Phi) is 4.14. The Morgan fingerprint density at radius 3 is 2.38 bits per heavy atom. The minimum absolute atomic E-state index is 0.108. The third-order valence-corrected chi connectivity index (χ3v) is 4.06. The summed E-state index contributed by atoms with van der Waals surface area (Å²) in [6, 6.07) is 16.3. The molecule has 124 valence electrons. The third-order valence-electron chi connectivity index (χ3n) is 4.06. The minimum Gasteiger partial charge on any atom is -0.444 e. The number of rotatable bonds is 3. The molecule has 3 rings (SSSR count). The Balaban J connectivity index is 2.07. The van der Waals surface area contributed by atoms with Crippen molar-refractivity contribution in [3.8, 4) is 11.4 Å². The lowest BCUT2D eigenvalue weighted by molar-refractivity contribution is -0.144. The molecule has 0 aliphatic carbocycles. The van der Waals surface area contributed by atoms with Crippen LogP contribution in [-0.4, -0.2) is 15.5 Å². The molecule has 0 N–H and O–H groups in total. The van der Waals surface area contributed by atoms with E-state index in [-0.39, 0.29) is 18.1 Å². The number of hydrogen-bond donors (Lipinski definition) is 0. The Hall–Kier alpha value is -2.62. The van der Waals surface area contributed by atoms with Gasteiger partial charge in [0.25, 0.3) is 0 Å². The van der Waals surface area contributed by atoms with Crippen molar-refractivity contribution in [1.29, 1.82) is 0 Å².